The molecule has 0 heterocycles. The maximum Gasteiger partial charge on any atom is 0.302 e. The topological polar surface area (TPSA) is 26.3 Å². The summed E-state index contributed by atoms with van der Waals surface area (Å²) in [6.07, 6.45) is 3.48. The van der Waals surface area contributed by atoms with E-state index < -0.39 is 0 Å². The molecule has 0 radical (unpaired) electrons. The summed E-state index contributed by atoms with van der Waals surface area (Å²) >= 11 is 3.15. The average Bonchev–Trinajstić information content (AvgIpc) is 1.96. The van der Waals surface area contributed by atoms with Gasteiger partial charge in [0.15, 0.2) is 0 Å². The van der Waals surface area contributed by atoms with Crippen LogP contribution in [0.1, 0.15) is 6.92 Å². The van der Waals surface area contributed by atoms with Crippen molar-refractivity contribution in [2.24, 2.45) is 0 Å². The van der Waals surface area contributed by atoms with Gasteiger partial charge < -0.3 is 4.74 Å². The molecule has 0 amide bonds. The Morgan fingerprint density at radius 1 is 1.50 bits per heavy atom. The van der Waals surface area contributed by atoms with Crippen molar-refractivity contribution in [3.8, 4) is 0 Å². The number of esters is 1. The van der Waals surface area contributed by atoms with Crippen molar-refractivity contribution in [1.29, 1.82) is 0 Å². The van der Waals surface area contributed by atoms with Crippen molar-refractivity contribution in [3.63, 3.8) is 0 Å². The molecule has 3 heteroatoms. The Labute approximate surface area is 80.7 Å². The van der Waals surface area contributed by atoms with E-state index in [0.29, 0.717) is 0 Å². The lowest BCUT2D eigenvalue weighted by atomic mass is 10.3. The first-order valence-electron chi connectivity index (χ1n) is 3.36. The molecule has 0 saturated heterocycles. The summed E-state index contributed by atoms with van der Waals surface area (Å²) in [6, 6.07) is 0. The minimum Gasteiger partial charge on any atom is -0.461 e. The Morgan fingerprint density at radius 2 is 2.08 bits per heavy atom. The number of ether oxygens (including phenoxy) is 1. The third kappa shape index (κ3) is 7.28. The molecule has 0 aliphatic heterocycles. The number of hydrogen-bond donors (Lipinski definition) is 0. The SMILES string of the molecule is C=C(Br)/C=C\C(=C)COC(C)=O. The molecule has 0 N–H and O–H groups in total. The highest BCUT2D eigenvalue weighted by molar-refractivity contribution is 9.11. The first kappa shape index (κ1) is 11.2. The third-order valence-corrected chi connectivity index (χ3v) is 1.23. The Bertz CT molecular complexity index is 229. The number of hydrogen-bond acceptors (Lipinski definition) is 2. The summed E-state index contributed by atoms with van der Waals surface area (Å²) in [6.45, 7) is 8.87. The summed E-state index contributed by atoms with van der Waals surface area (Å²) < 4.78 is 5.46. The highest BCUT2D eigenvalue weighted by Gasteiger charge is 1.92. The van der Waals surface area contributed by atoms with Gasteiger partial charge in [0, 0.05) is 11.4 Å². The van der Waals surface area contributed by atoms with Crippen molar-refractivity contribution in [1.82, 2.24) is 0 Å². The summed E-state index contributed by atoms with van der Waals surface area (Å²) in [7, 11) is 0. The van der Waals surface area contributed by atoms with Crippen LogP contribution >= 0.6 is 15.9 Å². The second-order valence-corrected chi connectivity index (χ2v) is 3.24. The summed E-state index contributed by atoms with van der Waals surface area (Å²) in [5.41, 5.74) is 0.728. The fraction of sp³-hybridized carbons (Fsp3) is 0.222. The smallest absolute Gasteiger partial charge is 0.302 e. The number of carbonyl (C=O) groups excluding carboxylic acids is 1. The van der Waals surface area contributed by atoms with Gasteiger partial charge in [0.1, 0.15) is 6.61 Å². The molecule has 0 aliphatic rings. The molecular weight excluding hydrogens is 220 g/mol. The lowest BCUT2D eigenvalue weighted by molar-refractivity contribution is -0.139. The molecule has 66 valence electrons. The van der Waals surface area contributed by atoms with Crippen molar-refractivity contribution >= 4 is 21.9 Å². The fourth-order valence-electron chi connectivity index (χ4n) is 0.451. The van der Waals surface area contributed by atoms with Gasteiger partial charge in [-0.1, -0.05) is 35.2 Å². The van der Waals surface area contributed by atoms with Gasteiger partial charge in [0.25, 0.3) is 0 Å². The molecule has 0 fully saturated rings. The first-order chi connectivity index (χ1) is 5.52. The maximum absolute atomic E-state index is 10.4. The minimum absolute atomic E-state index is 0.228. The van der Waals surface area contributed by atoms with Gasteiger partial charge in [-0.15, -0.1) is 0 Å². The third-order valence-electron chi connectivity index (χ3n) is 0.961. The Morgan fingerprint density at radius 3 is 2.50 bits per heavy atom. The molecule has 12 heavy (non-hydrogen) atoms. The van der Waals surface area contributed by atoms with Gasteiger partial charge >= 0.3 is 5.97 Å². The molecule has 0 aromatic rings. The van der Waals surface area contributed by atoms with Gasteiger partial charge in [0.05, 0.1) is 0 Å². The molecule has 0 aromatic carbocycles. The van der Waals surface area contributed by atoms with E-state index in [1.54, 1.807) is 12.2 Å². The maximum atomic E-state index is 10.4. The summed E-state index contributed by atoms with van der Waals surface area (Å²) in [5.74, 6) is -0.304. The molecule has 0 atom stereocenters. The van der Waals surface area contributed by atoms with E-state index in [-0.39, 0.29) is 12.6 Å². The zero-order valence-electron chi connectivity index (χ0n) is 6.97. The van der Waals surface area contributed by atoms with Crippen LogP contribution in [0.5, 0.6) is 0 Å². The van der Waals surface area contributed by atoms with E-state index in [0.717, 1.165) is 10.1 Å². The largest absolute Gasteiger partial charge is 0.461 e. The molecule has 0 aliphatic carbocycles. The Kier molecular flexibility index (Phi) is 5.37. The zero-order chi connectivity index (χ0) is 9.56. The van der Waals surface area contributed by atoms with Crippen molar-refractivity contribution in [2.75, 3.05) is 6.61 Å². The van der Waals surface area contributed by atoms with E-state index in [9.17, 15) is 4.79 Å². The van der Waals surface area contributed by atoms with E-state index in [1.165, 1.54) is 6.92 Å². The van der Waals surface area contributed by atoms with Crippen LogP contribution < -0.4 is 0 Å². The Balaban J connectivity index is 3.75. The second kappa shape index (κ2) is 5.77. The molecule has 0 unspecified atom stereocenters. The van der Waals surface area contributed by atoms with Gasteiger partial charge in [-0.2, -0.15) is 0 Å². The molecule has 0 spiro atoms. The standard InChI is InChI=1S/C9H11BrO2/c1-7(4-5-8(2)10)6-12-9(3)11/h4-5H,1-2,6H2,3H3/b5-4-. The number of allylic oxidation sites excluding steroid dienone is 2. The predicted molar refractivity (Wildman–Crippen MR) is 53.0 cm³/mol. The highest BCUT2D eigenvalue weighted by atomic mass is 79.9. The van der Waals surface area contributed by atoms with E-state index in [2.05, 4.69) is 29.1 Å². The normalized spacial score (nSPS) is 9.83. The summed E-state index contributed by atoms with van der Waals surface area (Å²) in [4.78, 5) is 10.4. The minimum atomic E-state index is -0.304. The molecular formula is C9H11BrO2. The number of halogens is 1. The van der Waals surface area contributed by atoms with E-state index in [4.69, 9.17) is 4.74 Å². The molecule has 0 rings (SSSR count). The van der Waals surface area contributed by atoms with Crippen LogP contribution in [-0.2, 0) is 9.53 Å². The quantitative estimate of drug-likeness (QED) is 0.549. The summed E-state index contributed by atoms with van der Waals surface area (Å²) in [5, 5.41) is 0. The highest BCUT2D eigenvalue weighted by Crippen LogP contribution is 2.04. The van der Waals surface area contributed by atoms with Crippen LogP contribution in [0.25, 0.3) is 0 Å². The second-order valence-electron chi connectivity index (χ2n) is 2.22. The van der Waals surface area contributed by atoms with Gasteiger partial charge in [0.2, 0.25) is 0 Å². The predicted octanol–water partition coefficient (Wildman–Crippen LogP) is 2.57. The van der Waals surface area contributed by atoms with Gasteiger partial charge in [-0.3, -0.25) is 4.79 Å². The van der Waals surface area contributed by atoms with Gasteiger partial charge in [-0.25, -0.2) is 0 Å². The number of carbonyl (C=O) groups is 1. The van der Waals surface area contributed by atoms with E-state index >= 15 is 0 Å². The van der Waals surface area contributed by atoms with Crippen molar-refractivity contribution < 1.29 is 9.53 Å². The van der Waals surface area contributed by atoms with Crippen LogP contribution in [0, 0.1) is 0 Å². The van der Waals surface area contributed by atoms with E-state index in [1.807, 2.05) is 0 Å². The molecule has 0 bridgehead atoms. The Hall–Kier alpha value is -0.830. The molecule has 2 nitrogen and oxygen atoms in total. The van der Waals surface area contributed by atoms with Crippen LogP contribution in [-0.4, -0.2) is 12.6 Å². The van der Waals surface area contributed by atoms with Gasteiger partial charge in [-0.05, 0) is 11.6 Å². The average molecular weight is 231 g/mol. The van der Waals surface area contributed by atoms with Crippen LogP contribution in [0.3, 0.4) is 0 Å². The number of rotatable bonds is 4. The van der Waals surface area contributed by atoms with Crippen molar-refractivity contribution in [3.05, 3.63) is 35.4 Å². The van der Waals surface area contributed by atoms with Crippen molar-refractivity contribution in [2.45, 2.75) is 6.92 Å². The monoisotopic (exact) mass is 230 g/mol. The van der Waals surface area contributed by atoms with Crippen LogP contribution in [0.15, 0.2) is 35.4 Å². The lowest BCUT2D eigenvalue weighted by Gasteiger charge is -1.99. The van der Waals surface area contributed by atoms with Crippen LogP contribution in [0.2, 0.25) is 0 Å². The first-order valence-corrected chi connectivity index (χ1v) is 4.15. The molecule has 0 saturated carbocycles. The zero-order valence-corrected chi connectivity index (χ0v) is 8.56. The van der Waals surface area contributed by atoms with Crippen LogP contribution in [0.4, 0.5) is 0 Å². The lowest BCUT2D eigenvalue weighted by Crippen LogP contribution is -2.00. The fourth-order valence-corrected chi connectivity index (χ4v) is 0.583. The molecule has 0 aromatic heterocycles.